The van der Waals surface area contributed by atoms with E-state index in [2.05, 4.69) is 15.9 Å². The van der Waals surface area contributed by atoms with Gasteiger partial charge in [0.15, 0.2) is 0 Å². The minimum absolute atomic E-state index is 0.00285. The van der Waals surface area contributed by atoms with Crippen molar-refractivity contribution in [3.63, 3.8) is 0 Å². The molecule has 2 aliphatic rings. The van der Waals surface area contributed by atoms with Crippen LogP contribution in [-0.2, 0) is 9.59 Å². The van der Waals surface area contributed by atoms with Crippen molar-refractivity contribution < 1.29 is 9.59 Å². The van der Waals surface area contributed by atoms with Crippen molar-refractivity contribution in [3.8, 4) is 0 Å². The van der Waals surface area contributed by atoms with Gasteiger partial charge in [-0.3, -0.25) is 9.59 Å². The molecular weight excluding hydrogens is 334 g/mol. The summed E-state index contributed by atoms with van der Waals surface area (Å²) in [5.74, 6) is -0.198. The van der Waals surface area contributed by atoms with E-state index < -0.39 is 6.04 Å². The number of benzene rings is 1. The fourth-order valence-corrected chi connectivity index (χ4v) is 3.32. The number of fused-ring (bicyclic) bond motifs is 1. The van der Waals surface area contributed by atoms with Crippen molar-refractivity contribution in [3.05, 3.63) is 28.2 Å². The van der Waals surface area contributed by atoms with Gasteiger partial charge in [0.25, 0.3) is 0 Å². The number of carbonyl (C=O) groups excluding carboxylic acids is 2. The van der Waals surface area contributed by atoms with Crippen LogP contribution in [0.15, 0.2) is 22.7 Å². The van der Waals surface area contributed by atoms with Gasteiger partial charge in [0.05, 0.1) is 5.69 Å². The Morgan fingerprint density at radius 2 is 2.00 bits per heavy atom. The summed E-state index contributed by atoms with van der Waals surface area (Å²) in [6.45, 7) is 1.66. The molecule has 0 aliphatic carbocycles. The third-order valence-corrected chi connectivity index (χ3v) is 4.65. The number of carbonyl (C=O) groups is 2. The zero-order valence-corrected chi connectivity index (χ0v) is 13.3. The van der Waals surface area contributed by atoms with Gasteiger partial charge in [-0.1, -0.05) is 22.0 Å². The Bertz CT molecular complexity index is 584. The molecule has 2 amide bonds. The Kier molecular flexibility index (Phi) is 3.99. The van der Waals surface area contributed by atoms with Crippen LogP contribution in [0, 0.1) is 0 Å². The van der Waals surface area contributed by atoms with Gasteiger partial charge in [-0.05, 0) is 31.4 Å². The van der Waals surface area contributed by atoms with E-state index >= 15 is 0 Å². The Labute approximate surface area is 132 Å². The molecule has 6 heteroatoms. The fourth-order valence-electron chi connectivity index (χ4n) is 2.97. The van der Waals surface area contributed by atoms with Gasteiger partial charge in [0, 0.05) is 23.1 Å². The van der Waals surface area contributed by atoms with E-state index in [0.29, 0.717) is 0 Å². The van der Waals surface area contributed by atoms with Gasteiger partial charge < -0.3 is 15.5 Å². The number of amides is 2. The number of halogens is 1. The van der Waals surface area contributed by atoms with Gasteiger partial charge in [-0.2, -0.15) is 0 Å². The van der Waals surface area contributed by atoms with Crippen LogP contribution in [0.4, 0.5) is 5.69 Å². The zero-order chi connectivity index (χ0) is 15.0. The van der Waals surface area contributed by atoms with E-state index in [1.54, 1.807) is 0 Å². The lowest BCUT2D eigenvalue weighted by Crippen LogP contribution is -2.44. The molecule has 0 spiro atoms. The highest BCUT2D eigenvalue weighted by atomic mass is 79.9. The van der Waals surface area contributed by atoms with Crippen LogP contribution >= 0.6 is 15.9 Å². The van der Waals surface area contributed by atoms with Crippen LogP contribution in [0.1, 0.15) is 30.9 Å². The molecule has 1 aromatic rings. The normalized spacial score (nSPS) is 21.6. The Morgan fingerprint density at radius 1 is 1.29 bits per heavy atom. The van der Waals surface area contributed by atoms with Gasteiger partial charge in [-0.25, -0.2) is 0 Å². The Morgan fingerprint density at radius 3 is 2.71 bits per heavy atom. The highest BCUT2D eigenvalue weighted by molar-refractivity contribution is 9.10. The molecule has 2 N–H and O–H groups in total. The van der Waals surface area contributed by atoms with Gasteiger partial charge in [0.2, 0.25) is 11.8 Å². The molecule has 1 fully saturated rings. The summed E-state index contributed by atoms with van der Waals surface area (Å²) < 4.78 is 0.874. The van der Waals surface area contributed by atoms with Crippen LogP contribution in [0.5, 0.6) is 0 Å². The topological polar surface area (TPSA) is 66.6 Å². The maximum absolute atomic E-state index is 12.4. The summed E-state index contributed by atoms with van der Waals surface area (Å²) in [6.07, 6.45) is 3.26. The van der Waals surface area contributed by atoms with Crippen LogP contribution < -0.4 is 10.6 Å². The molecule has 5 nitrogen and oxygen atoms in total. The van der Waals surface area contributed by atoms with Crippen LogP contribution in [0.3, 0.4) is 0 Å². The van der Waals surface area contributed by atoms with E-state index in [1.807, 2.05) is 23.1 Å². The van der Waals surface area contributed by atoms with E-state index in [4.69, 9.17) is 5.73 Å². The van der Waals surface area contributed by atoms with Gasteiger partial charge in [0.1, 0.15) is 12.6 Å². The second kappa shape index (κ2) is 5.77. The van der Waals surface area contributed by atoms with Gasteiger partial charge >= 0.3 is 0 Å². The van der Waals surface area contributed by atoms with E-state index in [9.17, 15) is 9.59 Å². The van der Waals surface area contributed by atoms with Crippen LogP contribution in [-0.4, -0.2) is 36.3 Å². The second-order valence-corrected chi connectivity index (χ2v) is 6.46. The van der Waals surface area contributed by atoms with Crippen molar-refractivity contribution >= 4 is 33.4 Å². The summed E-state index contributed by atoms with van der Waals surface area (Å²) in [5.41, 5.74) is 7.48. The average molecular weight is 352 g/mol. The summed E-state index contributed by atoms with van der Waals surface area (Å²) in [7, 11) is 0. The maximum Gasteiger partial charge on any atom is 0.249 e. The molecule has 1 saturated heterocycles. The Balaban J connectivity index is 1.81. The fraction of sp³-hybridized carbons (Fsp3) is 0.467. The molecule has 1 aromatic carbocycles. The summed E-state index contributed by atoms with van der Waals surface area (Å²) in [6, 6.07) is 4.89. The zero-order valence-electron chi connectivity index (χ0n) is 11.7. The molecular formula is C15H18BrN3O2. The quantitative estimate of drug-likeness (QED) is 0.883. The van der Waals surface area contributed by atoms with Crippen molar-refractivity contribution in [2.45, 2.75) is 25.3 Å². The molecule has 112 valence electrons. The first-order valence-electron chi connectivity index (χ1n) is 7.22. The monoisotopic (exact) mass is 351 g/mol. The van der Waals surface area contributed by atoms with Crippen molar-refractivity contribution in [2.24, 2.45) is 5.73 Å². The molecule has 21 heavy (non-hydrogen) atoms. The van der Waals surface area contributed by atoms with Crippen molar-refractivity contribution in [2.75, 3.05) is 24.5 Å². The first kappa shape index (κ1) is 14.5. The predicted molar refractivity (Wildman–Crippen MR) is 83.9 cm³/mol. The molecule has 0 aromatic heterocycles. The molecule has 2 aliphatic heterocycles. The molecule has 0 bridgehead atoms. The number of rotatable bonds is 2. The Hall–Kier alpha value is -1.40. The minimum atomic E-state index is -0.665. The number of piperidine rings is 1. The average Bonchev–Trinajstić information content (AvgIpc) is 2.73. The van der Waals surface area contributed by atoms with Crippen LogP contribution in [0.2, 0.25) is 0 Å². The lowest BCUT2D eigenvalue weighted by atomic mass is 10.1. The lowest BCUT2D eigenvalue weighted by molar-refractivity contribution is -0.132. The maximum atomic E-state index is 12.4. The first-order valence-corrected chi connectivity index (χ1v) is 8.01. The number of nitrogens with zero attached hydrogens (tertiary/aromatic N) is 2. The third kappa shape index (κ3) is 2.70. The molecule has 0 radical (unpaired) electrons. The standard InChI is InChI=1S/C15H18BrN3O2/c16-10-4-5-11-12(8-10)19(15(21)14(11)17)9-13(20)18-6-2-1-3-7-18/h4-5,8,14H,1-3,6-7,9,17H2. The largest absolute Gasteiger partial charge is 0.341 e. The van der Waals surface area contributed by atoms with Gasteiger partial charge in [-0.15, -0.1) is 0 Å². The molecule has 0 saturated carbocycles. The van der Waals surface area contributed by atoms with Crippen LogP contribution in [0.25, 0.3) is 0 Å². The van der Waals surface area contributed by atoms with E-state index in [-0.39, 0.29) is 18.4 Å². The molecule has 3 rings (SSSR count). The highest BCUT2D eigenvalue weighted by Gasteiger charge is 2.36. The second-order valence-electron chi connectivity index (χ2n) is 5.55. The molecule has 1 unspecified atom stereocenters. The number of hydrogen-bond donors (Lipinski definition) is 1. The first-order chi connectivity index (χ1) is 10.1. The molecule has 1 atom stereocenters. The summed E-state index contributed by atoms with van der Waals surface area (Å²) in [5, 5.41) is 0. The summed E-state index contributed by atoms with van der Waals surface area (Å²) >= 11 is 3.40. The number of likely N-dealkylation sites (tertiary alicyclic amines) is 1. The third-order valence-electron chi connectivity index (χ3n) is 4.15. The number of nitrogens with two attached hydrogens (primary N) is 1. The number of anilines is 1. The minimum Gasteiger partial charge on any atom is -0.341 e. The number of hydrogen-bond acceptors (Lipinski definition) is 3. The van der Waals surface area contributed by atoms with E-state index in [0.717, 1.165) is 41.7 Å². The highest BCUT2D eigenvalue weighted by Crippen LogP contribution is 2.36. The smallest absolute Gasteiger partial charge is 0.249 e. The molecule has 2 heterocycles. The lowest BCUT2D eigenvalue weighted by Gasteiger charge is -2.28. The van der Waals surface area contributed by atoms with E-state index in [1.165, 1.54) is 11.3 Å². The predicted octanol–water partition coefficient (Wildman–Crippen LogP) is 1.81. The summed E-state index contributed by atoms with van der Waals surface area (Å²) in [4.78, 5) is 28.0. The van der Waals surface area contributed by atoms with Crippen molar-refractivity contribution in [1.29, 1.82) is 0 Å². The SMILES string of the molecule is NC1C(=O)N(CC(=O)N2CCCCC2)c2cc(Br)ccc21. The van der Waals surface area contributed by atoms with Crippen molar-refractivity contribution in [1.82, 2.24) is 4.90 Å².